The van der Waals surface area contributed by atoms with E-state index in [1.807, 2.05) is 54.7 Å². The maximum absolute atomic E-state index is 13.0. The van der Waals surface area contributed by atoms with Crippen LogP contribution in [0.4, 0.5) is 5.69 Å². The summed E-state index contributed by atoms with van der Waals surface area (Å²) in [4.78, 5) is 30.4. The van der Waals surface area contributed by atoms with E-state index in [0.29, 0.717) is 30.0 Å². The second-order valence-corrected chi connectivity index (χ2v) is 7.67. The molecule has 2 aromatic carbocycles. The number of hydrogen-bond acceptors (Lipinski definition) is 5. The second-order valence-electron chi connectivity index (χ2n) is 7.67. The van der Waals surface area contributed by atoms with Crippen LogP contribution in [0.15, 0.2) is 64.9 Å². The molecule has 0 aliphatic carbocycles. The Morgan fingerprint density at radius 3 is 2.84 bits per heavy atom. The van der Waals surface area contributed by atoms with E-state index in [1.165, 1.54) is 4.90 Å². The number of hydrogen-bond donors (Lipinski definition) is 2. The van der Waals surface area contributed by atoms with Crippen LogP contribution in [0.3, 0.4) is 0 Å². The van der Waals surface area contributed by atoms with Gasteiger partial charge in [0, 0.05) is 43.1 Å². The molecule has 164 valence electrons. The lowest BCUT2D eigenvalue weighted by Crippen LogP contribution is -2.51. The normalized spacial score (nSPS) is 17.6. The van der Waals surface area contributed by atoms with Crippen LogP contribution in [0, 0.1) is 0 Å². The van der Waals surface area contributed by atoms with E-state index in [2.05, 4.69) is 20.5 Å². The van der Waals surface area contributed by atoms with Gasteiger partial charge in [0.25, 0.3) is 11.8 Å². The first-order chi connectivity index (χ1) is 15.1. The van der Waals surface area contributed by atoms with Crippen molar-refractivity contribution in [2.75, 3.05) is 18.6 Å². The summed E-state index contributed by atoms with van der Waals surface area (Å²) in [5.74, 6) is -0.0551. The highest BCUT2D eigenvalue weighted by atomic mass is 16.5. The van der Waals surface area contributed by atoms with E-state index >= 15 is 0 Å². The van der Waals surface area contributed by atoms with Crippen LogP contribution >= 0.6 is 0 Å². The first kappa shape index (κ1) is 21.3. The Balaban J connectivity index is 0.00000245. The standard InChI is InChI=1S/C23H21N5O3.CH4/c1-28-20-10-15-7-8-24-17(15)12-21(20)31-13-19(23(28)30)25-22(29)18-11-16(26-27-18)9-14-5-3-2-4-6-14;/h2-8,10,12,19,24H,9,11,13H2,1H3,(H,25,29);1H4/t19-;/m0./s1. The third-order valence-corrected chi connectivity index (χ3v) is 5.53. The fraction of sp³-hybridized carbons (Fsp3) is 0.250. The number of benzene rings is 2. The third-order valence-electron chi connectivity index (χ3n) is 5.53. The Morgan fingerprint density at radius 2 is 2.03 bits per heavy atom. The molecule has 3 heterocycles. The second kappa shape index (κ2) is 8.66. The summed E-state index contributed by atoms with van der Waals surface area (Å²) in [7, 11) is 1.68. The van der Waals surface area contributed by atoms with Gasteiger partial charge in [-0.25, -0.2) is 0 Å². The monoisotopic (exact) mass is 431 g/mol. The molecule has 3 aromatic rings. The van der Waals surface area contributed by atoms with Crippen LogP contribution in [0.5, 0.6) is 5.75 Å². The van der Waals surface area contributed by atoms with Crippen LogP contribution in [0.2, 0.25) is 0 Å². The number of aromatic amines is 1. The van der Waals surface area contributed by atoms with E-state index < -0.39 is 11.9 Å². The van der Waals surface area contributed by atoms with Crippen molar-refractivity contribution in [3.05, 3.63) is 60.3 Å². The maximum Gasteiger partial charge on any atom is 0.268 e. The van der Waals surface area contributed by atoms with Gasteiger partial charge in [-0.2, -0.15) is 5.10 Å². The predicted molar refractivity (Wildman–Crippen MR) is 125 cm³/mol. The van der Waals surface area contributed by atoms with Crippen LogP contribution in [0.25, 0.3) is 10.9 Å². The molecule has 5 rings (SSSR count). The highest BCUT2D eigenvalue weighted by Gasteiger charge is 2.32. The molecule has 0 saturated heterocycles. The molecule has 2 N–H and O–H groups in total. The molecule has 2 aliphatic rings. The van der Waals surface area contributed by atoms with E-state index in [9.17, 15) is 9.59 Å². The molecule has 32 heavy (non-hydrogen) atoms. The van der Waals surface area contributed by atoms with Gasteiger partial charge in [0.2, 0.25) is 0 Å². The lowest BCUT2D eigenvalue weighted by atomic mass is 10.0. The summed E-state index contributed by atoms with van der Waals surface area (Å²) < 4.78 is 5.88. The quantitative estimate of drug-likeness (QED) is 0.664. The Morgan fingerprint density at radius 1 is 1.22 bits per heavy atom. The fourth-order valence-electron chi connectivity index (χ4n) is 3.84. The number of fused-ring (bicyclic) bond motifs is 2. The first-order valence-corrected chi connectivity index (χ1v) is 10.1. The lowest BCUT2D eigenvalue weighted by molar-refractivity contribution is -0.124. The number of aromatic nitrogens is 1. The average Bonchev–Trinajstić information content (AvgIpc) is 3.42. The number of ether oxygens (including phenoxy) is 1. The zero-order chi connectivity index (χ0) is 21.4. The highest BCUT2D eigenvalue weighted by molar-refractivity contribution is 6.43. The molecule has 2 amide bonds. The SMILES string of the molecule is C.CN1C(=O)[C@@H](NC(=O)C2=NN=C(Cc3ccccc3)C2)COc2cc3[nH]ccc3cc21. The predicted octanol–water partition coefficient (Wildman–Crippen LogP) is 3.09. The van der Waals surface area contributed by atoms with Crippen LogP contribution in [-0.4, -0.2) is 47.9 Å². The summed E-state index contributed by atoms with van der Waals surface area (Å²) in [6.45, 7) is 0.0408. The van der Waals surface area contributed by atoms with Crippen LogP contribution in [0.1, 0.15) is 19.4 Å². The minimum Gasteiger partial charge on any atom is -0.489 e. The molecular weight excluding hydrogens is 406 g/mol. The van der Waals surface area contributed by atoms with Gasteiger partial charge in [-0.1, -0.05) is 37.8 Å². The van der Waals surface area contributed by atoms with Crippen molar-refractivity contribution < 1.29 is 14.3 Å². The molecule has 0 radical (unpaired) electrons. The van der Waals surface area contributed by atoms with E-state index in [0.717, 1.165) is 22.2 Å². The number of anilines is 1. The molecule has 0 bridgehead atoms. The number of likely N-dealkylation sites (N-methyl/N-ethyl adjacent to an activating group) is 1. The van der Waals surface area contributed by atoms with Crippen molar-refractivity contribution in [1.82, 2.24) is 10.3 Å². The first-order valence-electron chi connectivity index (χ1n) is 10.1. The fourth-order valence-corrected chi connectivity index (χ4v) is 3.84. The molecule has 8 nitrogen and oxygen atoms in total. The summed E-state index contributed by atoms with van der Waals surface area (Å²) in [6.07, 6.45) is 2.84. The number of nitrogens with zero attached hydrogens (tertiary/aromatic N) is 3. The van der Waals surface area contributed by atoms with E-state index in [4.69, 9.17) is 4.74 Å². The minimum atomic E-state index is -0.816. The average molecular weight is 431 g/mol. The van der Waals surface area contributed by atoms with Crippen LogP contribution in [-0.2, 0) is 16.0 Å². The summed E-state index contributed by atoms with van der Waals surface area (Å²) in [5, 5.41) is 11.9. The van der Waals surface area contributed by atoms with Crippen molar-refractivity contribution in [1.29, 1.82) is 0 Å². The molecule has 8 heteroatoms. The van der Waals surface area contributed by atoms with Gasteiger partial charge in [-0.15, -0.1) is 5.10 Å². The van der Waals surface area contributed by atoms with Crippen molar-refractivity contribution in [3.63, 3.8) is 0 Å². The van der Waals surface area contributed by atoms with Gasteiger partial charge < -0.3 is 19.9 Å². The van der Waals surface area contributed by atoms with Crippen LogP contribution < -0.4 is 15.0 Å². The van der Waals surface area contributed by atoms with Crippen molar-refractivity contribution >= 4 is 39.8 Å². The smallest absolute Gasteiger partial charge is 0.268 e. The number of nitrogens with one attached hydrogen (secondary N) is 2. The molecular formula is C24H25N5O3. The molecule has 0 fully saturated rings. The van der Waals surface area contributed by atoms with Crippen molar-refractivity contribution in [2.45, 2.75) is 26.3 Å². The Bertz CT molecular complexity index is 1230. The number of carbonyl (C=O) groups is 2. The maximum atomic E-state index is 13.0. The topological polar surface area (TPSA) is 99.2 Å². The number of rotatable bonds is 4. The van der Waals surface area contributed by atoms with Gasteiger partial charge >= 0.3 is 0 Å². The third kappa shape index (κ3) is 3.99. The highest BCUT2D eigenvalue weighted by Crippen LogP contribution is 2.34. The Labute approximate surface area is 186 Å². The van der Waals surface area contributed by atoms with Gasteiger partial charge in [0.05, 0.1) is 11.4 Å². The zero-order valence-corrected chi connectivity index (χ0v) is 17.0. The molecule has 1 atom stereocenters. The van der Waals surface area contributed by atoms with E-state index in [1.54, 1.807) is 7.05 Å². The Kier molecular flexibility index (Phi) is 5.77. The molecule has 0 spiro atoms. The van der Waals surface area contributed by atoms with Crippen molar-refractivity contribution in [3.8, 4) is 5.75 Å². The van der Waals surface area contributed by atoms with Crippen molar-refractivity contribution in [2.24, 2.45) is 10.2 Å². The number of amides is 2. The summed E-state index contributed by atoms with van der Waals surface area (Å²) in [6, 6.07) is 14.8. The van der Waals surface area contributed by atoms with Gasteiger partial charge in [0.15, 0.2) is 0 Å². The number of carbonyl (C=O) groups excluding carboxylic acids is 2. The minimum absolute atomic E-state index is 0. The van der Waals surface area contributed by atoms with E-state index in [-0.39, 0.29) is 19.9 Å². The lowest BCUT2D eigenvalue weighted by Gasteiger charge is -2.20. The molecule has 0 unspecified atom stereocenters. The molecule has 1 aromatic heterocycles. The molecule has 2 aliphatic heterocycles. The van der Waals surface area contributed by atoms with Gasteiger partial charge in [0.1, 0.15) is 24.1 Å². The molecule has 0 saturated carbocycles. The summed E-state index contributed by atoms with van der Waals surface area (Å²) in [5.41, 5.74) is 3.82. The van der Waals surface area contributed by atoms with Gasteiger partial charge in [-0.3, -0.25) is 9.59 Å². The largest absolute Gasteiger partial charge is 0.489 e. The van der Waals surface area contributed by atoms with Gasteiger partial charge in [-0.05, 0) is 17.7 Å². The number of H-pyrrole nitrogens is 1. The zero-order valence-electron chi connectivity index (χ0n) is 17.0. The Hall–Kier alpha value is -3.94. The summed E-state index contributed by atoms with van der Waals surface area (Å²) >= 11 is 0.